The number of aryl methyl sites for hydroxylation is 1. The number of anilines is 1. The van der Waals surface area contributed by atoms with E-state index in [0.29, 0.717) is 31.2 Å². The predicted octanol–water partition coefficient (Wildman–Crippen LogP) is 5.12. The summed E-state index contributed by atoms with van der Waals surface area (Å²) in [5.74, 6) is -0.0897. The first-order chi connectivity index (χ1) is 15.5. The predicted molar refractivity (Wildman–Crippen MR) is 128 cm³/mol. The van der Waals surface area contributed by atoms with Crippen molar-refractivity contribution >= 4 is 17.4 Å². The average molecular weight is 431 g/mol. The normalized spacial score (nSPS) is 12.4. The van der Waals surface area contributed by atoms with Crippen molar-refractivity contribution in [1.82, 2.24) is 0 Å². The summed E-state index contributed by atoms with van der Waals surface area (Å²) in [6.07, 6.45) is 3.21. The van der Waals surface area contributed by atoms with Crippen molar-refractivity contribution in [2.24, 2.45) is 5.92 Å². The number of aliphatic carboxylic acids is 1. The van der Waals surface area contributed by atoms with Gasteiger partial charge in [-0.3, -0.25) is 10.2 Å². The summed E-state index contributed by atoms with van der Waals surface area (Å²) in [5.41, 5.74) is 5.41. The van der Waals surface area contributed by atoms with Crippen LogP contribution in [0.25, 0.3) is 0 Å². The lowest BCUT2D eigenvalue weighted by Gasteiger charge is -2.10. The Morgan fingerprint density at radius 3 is 2.19 bits per heavy atom. The quantitative estimate of drug-likeness (QED) is 0.355. The van der Waals surface area contributed by atoms with Crippen molar-refractivity contribution in [2.75, 3.05) is 11.9 Å². The van der Waals surface area contributed by atoms with Gasteiger partial charge in [0.15, 0.2) is 0 Å². The largest absolute Gasteiger partial charge is 0.481 e. The van der Waals surface area contributed by atoms with Gasteiger partial charge in [-0.15, -0.1) is 0 Å². The van der Waals surface area contributed by atoms with Crippen LogP contribution in [-0.4, -0.2) is 28.5 Å². The van der Waals surface area contributed by atoms with Crippen molar-refractivity contribution in [2.45, 2.75) is 32.2 Å². The Kier molecular flexibility index (Phi) is 8.58. The standard InChI is InChI=1S/C23H22N2O2.C4H8O/c24-23(19-6-2-1-3-7-19)20-8-4-5-18(15-20)16-25-21-12-9-17(10-13-21)11-14-22(26)27;5-3-4-1-2-4/h1-10,12-13,15,24-25H,11,14,16H2,(H,26,27);4-5H,1-3H2. The molecule has 166 valence electrons. The van der Waals surface area contributed by atoms with E-state index in [4.69, 9.17) is 15.6 Å². The molecule has 1 aliphatic rings. The molecule has 0 aromatic heterocycles. The maximum absolute atomic E-state index is 10.6. The highest BCUT2D eigenvalue weighted by atomic mass is 16.4. The molecule has 1 saturated carbocycles. The van der Waals surface area contributed by atoms with E-state index in [0.717, 1.165) is 27.9 Å². The molecule has 4 N–H and O–H groups in total. The van der Waals surface area contributed by atoms with Crippen LogP contribution in [0.4, 0.5) is 5.69 Å². The first-order valence-electron chi connectivity index (χ1n) is 10.9. The van der Waals surface area contributed by atoms with Crippen LogP contribution in [0.5, 0.6) is 0 Å². The van der Waals surface area contributed by atoms with E-state index in [1.165, 1.54) is 12.8 Å². The average Bonchev–Trinajstić information content (AvgIpc) is 3.68. The number of benzene rings is 3. The second-order valence-corrected chi connectivity index (χ2v) is 8.01. The fourth-order valence-corrected chi connectivity index (χ4v) is 3.15. The molecular formula is C27H30N2O3. The molecule has 1 aliphatic carbocycles. The van der Waals surface area contributed by atoms with Crippen molar-refractivity contribution in [3.8, 4) is 0 Å². The van der Waals surface area contributed by atoms with Crippen LogP contribution in [0.2, 0.25) is 0 Å². The van der Waals surface area contributed by atoms with Gasteiger partial charge in [-0.25, -0.2) is 0 Å². The first kappa shape index (κ1) is 23.2. The zero-order valence-corrected chi connectivity index (χ0v) is 18.1. The number of aliphatic hydroxyl groups is 1. The molecule has 0 unspecified atom stereocenters. The second kappa shape index (κ2) is 11.8. The van der Waals surface area contributed by atoms with Gasteiger partial charge >= 0.3 is 5.97 Å². The lowest BCUT2D eigenvalue weighted by Crippen LogP contribution is -2.04. The molecule has 1 fully saturated rings. The van der Waals surface area contributed by atoms with Crippen LogP contribution in [0.3, 0.4) is 0 Å². The van der Waals surface area contributed by atoms with Gasteiger partial charge in [0, 0.05) is 30.8 Å². The van der Waals surface area contributed by atoms with E-state index in [1.807, 2.05) is 78.9 Å². The molecular weight excluding hydrogens is 400 g/mol. The van der Waals surface area contributed by atoms with E-state index in [2.05, 4.69) is 5.32 Å². The summed E-state index contributed by atoms with van der Waals surface area (Å²) in [6, 6.07) is 25.5. The van der Waals surface area contributed by atoms with Crippen molar-refractivity contribution in [3.63, 3.8) is 0 Å². The molecule has 32 heavy (non-hydrogen) atoms. The fraction of sp³-hybridized carbons (Fsp3) is 0.259. The van der Waals surface area contributed by atoms with Gasteiger partial charge in [0.1, 0.15) is 0 Å². The van der Waals surface area contributed by atoms with Crippen molar-refractivity contribution in [1.29, 1.82) is 5.41 Å². The molecule has 0 amide bonds. The Labute approximate surface area is 189 Å². The van der Waals surface area contributed by atoms with Crippen molar-refractivity contribution in [3.05, 3.63) is 101 Å². The number of aliphatic hydroxyl groups excluding tert-OH is 1. The van der Waals surface area contributed by atoms with E-state index >= 15 is 0 Å². The maximum Gasteiger partial charge on any atom is 0.303 e. The molecule has 0 heterocycles. The van der Waals surface area contributed by atoms with E-state index in [-0.39, 0.29) is 6.42 Å². The third-order valence-electron chi connectivity index (χ3n) is 5.31. The molecule has 5 nitrogen and oxygen atoms in total. The smallest absolute Gasteiger partial charge is 0.303 e. The number of nitrogens with one attached hydrogen (secondary N) is 2. The highest BCUT2D eigenvalue weighted by Crippen LogP contribution is 2.27. The maximum atomic E-state index is 10.6. The van der Waals surface area contributed by atoms with Crippen LogP contribution in [0, 0.1) is 11.3 Å². The minimum Gasteiger partial charge on any atom is -0.481 e. The molecule has 0 radical (unpaired) electrons. The Morgan fingerprint density at radius 2 is 1.59 bits per heavy atom. The van der Waals surface area contributed by atoms with E-state index in [9.17, 15) is 4.79 Å². The van der Waals surface area contributed by atoms with Gasteiger partial charge in [-0.05, 0) is 60.1 Å². The SMILES string of the molecule is N=C(c1ccccc1)c1cccc(CNc2ccc(CCC(=O)O)cc2)c1.OCC1CC1. The van der Waals surface area contributed by atoms with E-state index in [1.54, 1.807) is 0 Å². The summed E-state index contributed by atoms with van der Waals surface area (Å²) in [4.78, 5) is 10.6. The molecule has 0 spiro atoms. The summed E-state index contributed by atoms with van der Waals surface area (Å²) in [6.45, 7) is 1.07. The molecule has 3 aromatic carbocycles. The van der Waals surface area contributed by atoms with Crippen LogP contribution < -0.4 is 5.32 Å². The summed E-state index contributed by atoms with van der Waals surface area (Å²) >= 11 is 0. The molecule has 0 saturated heterocycles. The monoisotopic (exact) mass is 430 g/mol. The number of hydrogen-bond acceptors (Lipinski definition) is 4. The lowest BCUT2D eigenvalue weighted by molar-refractivity contribution is -0.136. The zero-order chi connectivity index (χ0) is 22.8. The summed E-state index contributed by atoms with van der Waals surface area (Å²) < 4.78 is 0. The molecule has 3 aromatic rings. The number of carboxylic acids is 1. The zero-order valence-electron chi connectivity index (χ0n) is 18.1. The number of carboxylic acid groups (broad SMARTS) is 1. The van der Waals surface area contributed by atoms with Gasteiger partial charge in [0.05, 0.1) is 5.71 Å². The number of rotatable bonds is 9. The summed E-state index contributed by atoms with van der Waals surface area (Å²) in [5, 5.41) is 28.7. The van der Waals surface area contributed by atoms with Crippen LogP contribution >= 0.6 is 0 Å². The van der Waals surface area contributed by atoms with Gasteiger partial charge in [-0.1, -0.05) is 60.7 Å². The van der Waals surface area contributed by atoms with Crippen molar-refractivity contribution < 1.29 is 15.0 Å². The highest BCUT2D eigenvalue weighted by Gasteiger charge is 2.18. The first-order valence-corrected chi connectivity index (χ1v) is 10.9. The minimum atomic E-state index is -0.779. The van der Waals surface area contributed by atoms with Crippen LogP contribution in [-0.2, 0) is 17.8 Å². The number of carbonyl (C=O) groups is 1. The van der Waals surface area contributed by atoms with Crippen LogP contribution in [0.15, 0.2) is 78.9 Å². The van der Waals surface area contributed by atoms with Gasteiger partial charge in [0.25, 0.3) is 0 Å². The van der Waals surface area contributed by atoms with Gasteiger partial charge in [0.2, 0.25) is 0 Å². The fourth-order valence-electron chi connectivity index (χ4n) is 3.15. The van der Waals surface area contributed by atoms with Gasteiger partial charge < -0.3 is 15.5 Å². The Hall–Kier alpha value is -3.44. The van der Waals surface area contributed by atoms with Crippen LogP contribution in [0.1, 0.15) is 41.5 Å². The topological polar surface area (TPSA) is 93.4 Å². The molecule has 4 rings (SSSR count). The van der Waals surface area contributed by atoms with E-state index < -0.39 is 5.97 Å². The van der Waals surface area contributed by atoms with Gasteiger partial charge in [-0.2, -0.15) is 0 Å². The molecule has 0 atom stereocenters. The minimum absolute atomic E-state index is 0.146. The molecule has 5 heteroatoms. The Morgan fingerprint density at radius 1 is 0.906 bits per heavy atom. The lowest BCUT2D eigenvalue weighted by atomic mass is 10.0. The number of hydrogen-bond donors (Lipinski definition) is 4. The molecule has 0 bridgehead atoms. The second-order valence-electron chi connectivity index (χ2n) is 8.01. The third-order valence-corrected chi connectivity index (χ3v) is 5.31. The Balaban J connectivity index is 0.000000509. The third kappa shape index (κ3) is 7.67. The Bertz CT molecular complexity index is 1010. The summed E-state index contributed by atoms with van der Waals surface area (Å²) in [7, 11) is 0. The molecule has 0 aliphatic heterocycles. The highest BCUT2D eigenvalue weighted by molar-refractivity contribution is 6.10.